The Morgan fingerprint density at radius 2 is 1.81 bits per heavy atom. The molecule has 0 aliphatic carbocycles. The molecule has 0 fully saturated rings. The number of benzene rings is 2. The van der Waals surface area contributed by atoms with E-state index in [-0.39, 0.29) is 11.9 Å². The third kappa shape index (κ3) is 4.78. The van der Waals surface area contributed by atoms with Gasteiger partial charge in [0.05, 0.1) is 0 Å². The molecule has 0 aromatic heterocycles. The van der Waals surface area contributed by atoms with E-state index in [4.69, 9.17) is 11.6 Å². The van der Waals surface area contributed by atoms with Gasteiger partial charge in [-0.3, -0.25) is 0 Å². The van der Waals surface area contributed by atoms with Crippen LogP contribution in [-0.4, -0.2) is 6.54 Å². The van der Waals surface area contributed by atoms with Gasteiger partial charge in [0.25, 0.3) is 0 Å². The maximum absolute atomic E-state index is 13.9. The molecule has 0 radical (unpaired) electrons. The van der Waals surface area contributed by atoms with Crippen molar-refractivity contribution in [3.8, 4) is 0 Å². The Bertz CT molecular complexity index is 613. The van der Waals surface area contributed by atoms with E-state index < -0.39 is 0 Å². The van der Waals surface area contributed by atoms with Crippen LogP contribution in [0.5, 0.6) is 0 Å². The van der Waals surface area contributed by atoms with Crippen LogP contribution in [0.3, 0.4) is 0 Å². The molecular weight excluding hydrogens is 420 g/mol. The molecule has 21 heavy (non-hydrogen) atoms. The first-order chi connectivity index (χ1) is 9.99. The van der Waals surface area contributed by atoms with Gasteiger partial charge in [-0.15, -0.1) is 0 Å². The fourth-order valence-electron chi connectivity index (χ4n) is 2.25. The van der Waals surface area contributed by atoms with Gasteiger partial charge in [-0.2, -0.15) is 0 Å². The van der Waals surface area contributed by atoms with Gasteiger partial charge in [0, 0.05) is 20.0 Å². The number of hydrogen-bond acceptors (Lipinski definition) is 1. The summed E-state index contributed by atoms with van der Waals surface area (Å²) < 4.78 is 15.9. The van der Waals surface area contributed by atoms with Crippen molar-refractivity contribution in [2.75, 3.05) is 6.54 Å². The molecule has 0 bridgehead atoms. The summed E-state index contributed by atoms with van der Waals surface area (Å²) in [5, 5.41) is 3.95. The van der Waals surface area contributed by atoms with Crippen molar-refractivity contribution < 1.29 is 4.39 Å². The summed E-state index contributed by atoms with van der Waals surface area (Å²) >= 11 is 13.0. The monoisotopic (exact) mass is 433 g/mol. The molecule has 1 nitrogen and oxygen atoms in total. The Morgan fingerprint density at radius 3 is 2.43 bits per heavy atom. The molecule has 0 aliphatic rings. The Labute approximate surface area is 146 Å². The summed E-state index contributed by atoms with van der Waals surface area (Å²) in [4.78, 5) is 0. The zero-order chi connectivity index (χ0) is 15.4. The SMILES string of the molecule is CCNC(Cc1cc(Cl)ccc1F)c1cc(Br)cc(Br)c1. The highest BCUT2D eigenvalue weighted by atomic mass is 79.9. The molecule has 0 saturated heterocycles. The number of hydrogen-bond donors (Lipinski definition) is 1. The minimum atomic E-state index is -0.226. The smallest absolute Gasteiger partial charge is 0.126 e. The standard InChI is InChI=1S/C16H15Br2ClFN/c1-2-21-16(11-5-12(17)9-13(18)6-11)8-10-7-14(19)3-4-15(10)20/h3-7,9,16,21H,2,8H2,1H3. The van der Waals surface area contributed by atoms with Crippen molar-refractivity contribution in [1.29, 1.82) is 0 Å². The lowest BCUT2D eigenvalue weighted by atomic mass is 9.98. The van der Waals surface area contributed by atoms with Gasteiger partial charge in [-0.1, -0.05) is 50.4 Å². The zero-order valence-corrected chi connectivity index (χ0v) is 15.4. The Kier molecular flexibility index (Phi) is 6.23. The van der Waals surface area contributed by atoms with Crippen molar-refractivity contribution in [2.45, 2.75) is 19.4 Å². The first kappa shape index (κ1) is 16.9. The van der Waals surface area contributed by atoms with Crippen LogP contribution in [0, 0.1) is 5.82 Å². The molecule has 0 spiro atoms. The lowest BCUT2D eigenvalue weighted by Crippen LogP contribution is -2.23. The predicted molar refractivity (Wildman–Crippen MR) is 93.4 cm³/mol. The normalized spacial score (nSPS) is 12.4. The number of halogens is 4. The van der Waals surface area contributed by atoms with Gasteiger partial charge in [0.1, 0.15) is 5.82 Å². The van der Waals surface area contributed by atoms with Gasteiger partial charge >= 0.3 is 0 Å². The molecule has 1 N–H and O–H groups in total. The summed E-state index contributed by atoms with van der Waals surface area (Å²) in [6.45, 7) is 2.84. The van der Waals surface area contributed by atoms with Crippen LogP contribution >= 0.6 is 43.5 Å². The van der Waals surface area contributed by atoms with E-state index in [9.17, 15) is 4.39 Å². The summed E-state index contributed by atoms with van der Waals surface area (Å²) in [7, 11) is 0. The topological polar surface area (TPSA) is 12.0 Å². The number of nitrogens with one attached hydrogen (secondary N) is 1. The van der Waals surface area contributed by atoms with Gasteiger partial charge < -0.3 is 5.32 Å². The molecule has 2 rings (SSSR count). The third-order valence-corrected chi connectivity index (χ3v) is 4.32. The first-order valence-corrected chi connectivity index (χ1v) is 8.59. The van der Waals surface area contributed by atoms with Crippen LogP contribution in [0.15, 0.2) is 45.3 Å². The van der Waals surface area contributed by atoms with Crippen LogP contribution in [0.4, 0.5) is 4.39 Å². The van der Waals surface area contributed by atoms with E-state index in [0.717, 1.165) is 21.1 Å². The first-order valence-electron chi connectivity index (χ1n) is 6.63. The second-order valence-corrected chi connectivity index (χ2v) is 7.02. The molecule has 2 aromatic carbocycles. The largest absolute Gasteiger partial charge is 0.310 e. The number of rotatable bonds is 5. The molecule has 5 heteroatoms. The Morgan fingerprint density at radius 1 is 1.14 bits per heavy atom. The highest BCUT2D eigenvalue weighted by Gasteiger charge is 2.15. The molecule has 0 saturated carbocycles. The lowest BCUT2D eigenvalue weighted by Gasteiger charge is -2.20. The van der Waals surface area contributed by atoms with Crippen LogP contribution in [0.25, 0.3) is 0 Å². The lowest BCUT2D eigenvalue weighted by molar-refractivity contribution is 0.527. The van der Waals surface area contributed by atoms with Gasteiger partial charge in [0.15, 0.2) is 0 Å². The van der Waals surface area contributed by atoms with Crippen molar-refractivity contribution in [1.82, 2.24) is 5.32 Å². The van der Waals surface area contributed by atoms with Crippen molar-refractivity contribution in [3.63, 3.8) is 0 Å². The van der Waals surface area contributed by atoms with Crippen LogP contribution in [-0.2, 0) is 6.42 Å². The Balaban J connectivity index is 2.32. The van der Waals surface area contributed by atoms with E-state index >= 15 is 0 Å². The van der Waals surface area contributed by atoms with Gasteiger partial charge in [-0.05, 0) is 60.5 Å². The van der Waals surface area contributed by atoms with Crippen molar-refractivity contribution in [2.24, 2.45) is 0 Å². The fourth-order valence-corrected chi connectivity index (χ4v) is 3.77. The van der Waals surface area contributed by atoms with E-state index in [1.54, 1.807) is 12.1 Å². The van der Waals surface area contributed by atoms with E-state index in [2.05, 4.69) is 37.2 Å². The summed E-state index contributed by atoms with van der Waals surface area (Å²) in [6, 6.07) is 10.8. The minimum absolute atomic E-state index is 0.0248. The molecule has 0 heterocycles. The van der Waals surface area contributed by atoms with Gasteiger partial charge in [0.2, 0.25) is 0 Å². The minimum Gasteiger partial charge on any atom is -0.310 e. The quantitative estimate of drug-likeness (QED) is 0.617. The predicted octanol–water partition coefficient (Wildman–Crippen LogP) is 5.90. The third-order valence-electron chi connectivity index (χ3n) is 3.17. The molecule has 0 amide bonds. The van der Waals surface area contributed by atoms with E-state index in [0.29, 0.717) is 17.0 Å². The molecule has 112 valence electrons. The van der Waals surface area contributed by atoms with Crippen LogP contribution in [0.2, 0.25) is 5.02 Å². The van der Waals surface area contributed by atoms with Crippen molar-refractivity contribution in [3.05, 3.63) is 67.3 Å². The maximum Gasteiger partial charge on any atom is 0.126 e. The fraction of sp³-hybridized carbons (Fsp3) is 0.250. The molecule has 1 atom stereocenters. The van der Waals surface area contributed by atoms with Crippen LogP contribution < -0.4 is 5.32 Å². The maximum atomic E-state index is 13.9. The zero-order valence-electron chi connectivity index (χ0n) is 11.5. The molecule has 0 aliphatic heterocycles. The Hall–Kier alpha value is -0.420. The molecular formula is C16H15Br2ClFN. The van der Waals surface area contributed by atoms with Crippen LogP contribution in [0.1, 0.15) is 24.1 Å². The average molecular weight is 436 g/mol. The second kappa shape index (κ2) is 7.73. The van der Waals surface area contributed by atoms with E-state index in [1.165, 1.54) is 6.07 Å². The average Bonchev–Trinajstić information content (AvgIpc) is 2.41. The summed E-state index contributed by atoms with van der Waals surface area (Å²) in [6.07, 6.45) is 0.545. The molecule has 1 unspecified atom stereocenters. The molecule has 2 aromatic rings. The van der Waals surface area contributed by atoms with E-state index in [1.807, 2.05) is 25.1 Å². The van der Waals surface area contributed by atoms with Gasteiger partial charge in [-0.25, -0.2) is 4.39 Å². The highest BCUT2D eigenvalue weighted by Crippen LogP contribution is 2.27. The highest BCUT2D eigenvalue weighted by molar-refractivity contribution is 9.11. The summed E-state index contributed by atoms with van der Waals surface area (Å²) in [5.41, 5.74) is 1.71. The number of likely N-dealkylation sites (N-methyl/N-ethyl adjacent to an activating group) is 1. The summed E-state index contributed by atoms with van der Waals surface area (Å²) in [5.74, 6) is -0.226. The van der Waals surface area contributed by atoms with Crippen molar-refractivity contribution >= 4 is 43.5 Å². The second-order valence-electron chi connectivity index (χ2n) is 4.75.